The summed E-state index contributed by atoms with van der Waals surface area (Å²) in [4.78, 5) is 4.93. The SMILES string of the molecule is CC(c1ccccc1)(c1ccccc1)c1cc(-c2ccccc2)cc(C=NC2CCCCC2)c1O.[Cl][Zr][Cl]. The van der Waals surface area contributed by atoms with E-state index in [9.17, 15) is 5.11 Å². The van der Waals surface area contributed by atoms with Crippen molar-refractivity contribution in [2.75, 3.05) is 0 Å². The van der Waals surface area contributed by atoms with Crippen molar-refractivity contribution in [3.8, 4) is 16.9 Å². The van der Waals surface area contributed by atoms with Crippen molar-refractivity contribution in [1.82, 2.24) is 0 Å². The molecule has 0 spiro atoms. The molecule has 1 fully saturated rings. The zero-order valence-electron chi connectivity index (χ0n) is 21.7. The van der Waals surface area contributed by atoms with Crippen molar-refractivity contribution in [3.63, 3.8) is 0 Å². The van der Waals surface area contributed by atoms with E-state index in [4.69, 9.17) is 22.0 Å². The molecule has 4 aromatic carbocycles. The average molecular weight is 622 g/mol. The summed E-state index contributed by atoms with van der Waals surface area (Å²) >= 11 is -0.826. The average Bonchev–Trinajstić information content (AvgIpc) is 2.98. The topological polar surface area (TPSA) is 32.6 Å². The zero-order valence-corrected chi connectivity index (χ0v) is 25.6. The van der Waals surface area contributed by atoms with Gasteiger partial charge in [0, 0.05) is 28.8 Å². The number of nitrogens with zero attached hydrogens (tertiary/aromatic N) is 1. The Hall–Kier alpha value is -2.19. The first kappa shape index (κ1) is 28.8. The van der Waals surface area contributed by atoms with Crippen molar-refractivity contribution in [2.24, 2.45) is 4.99 Å². The molecule has 4 aromatic rings. The zero-order chi connectivity index (χ0) is 26.8. The molecular formula is C33H33Cl2NOZr. The van der Waals surface area contributed by atoms with Gasteiger partial charge in [0.25, 0.3) is 0 Å². The minimum absolute atomic E-state index is 0.305. The Morgan fingerprint density at radius 1 is 0.763 bits per heavy atom. The van der Waals surface area contributed by atoms with Crippen molar-refractivity contribution in [2.45, 2.75) is 50.5 Å². The summed E-state index contributed by atoms with van der Waals surface area (Å²) in [6.45, 7) is 2.21. The number of hydrogen-bond donors (Lipinski definition) is 1. The van der Waals surface area contributed by atoms with Gasteiger partial charge in [-0.05, 0) is 54.2 Å². The summed E-state index contributed by atoms with van der Waals surface area (Å²) in [5.41, 5.74) is 5.63. The van der Waals surface area contributed by atoms with Crippen LogP contribution in [0.5, 0.6) is 5.75 Å². The minimum atomic E-state index is -0.826. The summed E-state index contributed by atoms with van der Waals surface area (Å²) in [7, 11) is 9.87. The van der Waals surface area contributed by atoms with Gasteiger partial charge in [-0.15, -0.1) is 0 Å². The molecule has 0 atom stereocenters. The van der Waals surface area contributed by atoms with Crippen LogP contribution in [-0.2, 0) is 26.3 Å². The summed E-state index contributed by atoms with van der Waals surface area (Å²) < 4.78 is 0. The van der Waals surface area contributed by atoms with Gasteiger partial charge in [-0.3, -0.25) is 4.99 Å². The van der Waals surface area contributed by atoms with Gasteiger partial charge in [0.05, 0.1) is 0 Å². The first-order valence-electron chi connectivity index (χ1n) is 13.1. The van der Waals surface area contributed by atoms with Gasteiger partial charge in [-0.1, -0.05) is 110 Å². The third-order valence-corrected chi connectivity index (χ3v) is 7.49. The fraction of sp³-hybridized carbons (Fsp3) is 0.242. The van der Waals surface area contributed by atoms with Crippen LogP contribution < -0.4 is 0 Å². The predicted octanol–water partition coefficient (Wildman–Crippen LogP) is 9.54. The number of halogens is 2. The number of phenolic OH excluding ortho intramolecular Hbond substituents is 1. The van der Waals surface area contributed by atoms with Crippen molar-refractivity contribution < 1.29 is 26.0 Å². The van der Waals surface area contributed by atoms with E-state index in [-0.39, 0.29) is 0 Å². The van der Waals surface area contributed by atoms with Crippen LogP contribution in [-0.4, -0.2) is 17.4 Å². The molecular weight excluding hydrogens is 588 g/mol. The van der Waals surface area contributed by atoms with E-state index >= 15 is 0 Å². The Bertz CT molecular complexity index is 1270. The molecule has 38 heavy (non-hydrogen) atoms. The Morgan fingerprint density at radius 3 is 1.79 bits per heavy atom. The quantitative estimate of drug-likeness (QED) is 0.169. The summed E-state index contributed by atoms with van der Waals surface area (Å²) in [5.74, 6) is 0.305. The normalized spacial score (nSPS) is 14.1. The number of benzene rings is 4. The molecule has 0 amide bonds. The van der Waals surface area contributed by atoms with E-state index in [2.05, 4.69) is 91.9 Å². The van der Waals surface area contributed by atoms with Crippen LogP contribution >= 0.6 is 17.0 Å². The first-order chi connectivity index (χ1) is 18.6. The second kappa shape index (κ2) is 14.3. The second-order valence-corrected chi connectivity index (χ2v) is 13.6. The summed E-state index contributed by atoms with van der Waals surface area (Å²) in [5, 5.41) is 11.8. The molecule has 0 unspecified atom stereocenters. The number of aromatic hydroxyl groups is 1. The van der Waals surface area contributed by atoms with Crippen LogP contribution in [0.4, 0.5) is 0 Å². The summed E-state index contributed by atoms with van der Waals surface area (Å²) in [6, 6.07) is 36.0. The molecule has 0 aromatic heterocycles. The van der Waals surface area contributed by atoms with Gasteiger partial charge in [0.2, 0.25) is 0 Å². The molecule has 1 aliphatic rings. The Morgan fingerprint density at radius 2 is 1.26 bits per heavy atom. The van der Waals surface area contributed by atoms with Gasteiger partial charge < -0.3 is 5.11 Å². The number of aliphatic imine (C=N–C) groups is 1. The van der Waals surface area contributed by atoms with Crippen molar-refractivity contribution >= 4 is 23.2 Å². The predicted molar refractivity (Wildman–Crippen MR) is 158 cm³/mol. The maximum absolute atomic E-state index is 11.8. The Balaban J connectivity index is 0.00000107. The molecule has 5 heteroatoms. The third kappa shape index (κ3) is 6.87. The fourth-order valence-electron chi connectivity index (χ4n) is 5.37. The molecule has 0 aliphatic heterocycles. The van der Waals surface area contributed by atoms with Gasteiger partial charge in [-0.2, -0.15) is 0 Å². The molecule has 1 saturated carbocycles. The molecule has 1 aliphatic carbocycles. The van der Waals surface area contributed by atoms with E-state index in [1.165, 1.54) is 19.3 Å². The maximum atomic E-state index is 11.8. The Labute approximate surface area is 245 Å². The van der Waals surface area contributed by atoms with Gasteiger partial charge in [-0.25, -0.2) is 0 Å². The van der Waals surface area contributed by atoms with Crippen molar-refractivity contribution in [1.29, 1.82) is 0 Å². The first-order valence-corrected chi connectivity index (χ1v) is 19.4. The van der Waals surface area contributed by atoms with Crippen LogP contribution in [0.2, 0.25) is 0 Å². The third-order valence-electron chi connectivity index (χ3n) is 7.49. The number of rotatable bonds is 6. The van der Waals surface area contributed by atoms with Crippen LogP contribution in [0.25, 0.3) is 11.1 Å². The van der Waals surface area contributed by atoms with Crippen LogP contribution in [0.3, 0.4) is 0 Å². The second-order valence-electron chi connectivity index (χ2n) is 9.83. The molecule has 1 N–H and O–H groups in total. The monoisotopic (exact) mass is 619 g/mol. The van der Waals surface area contributed by atoms with Crippen molar-refractivity contribution in [3.05, 3.63) is 125 Å². The van der Waals surface area contributed by atoms with Gasteiger partial charge >= 0.3 is 37.9 Å². The number of phenols is 1. The van der Waals surface area contributed by atoms with Gasteiger partial charge in [0.1, 0.15) is 5.75 Å². The van der Waals surface area contributed by atoms with Crippen LogP contribution in [0.15, 0.2) is 108 Å². The van der Waals surface area contributed by atoms with E-state index in [1.807, 2.05) is 24.4 Å². The van der Waals surface area contributed by atoms with E-state index in [0.717, 1.165) is 46.2 Å². The van der Waals surface area contributed by atoms with E-state index in [0.29, 0.717) is 11.8 Å². The fourth-order valence-corrected chi connectivity index (χ4v) is 5.37. The van der Waals surface area contributed by atoms with Crippen LogP contribution in [0.1, 0.15) is 61.3 Å². The van der Waals surface area contributed by atoms with E-state index < -0.39 is 26.3 Å². The molecule has 2 nitrogen and oxygen atoms in total. The van der Waals surface area contributed by atoms with Crippen LogP contribution in [0, 0.1) is 0 Å². The molecule has 194 valence electrons. The number of hydrogen-bond acceptors (Lipinski definition) is 2. The molecule has 0 bridgehead atoms. The van der Waals surface area contributed by atoms with Gasteiger partial charge in [0.15, 0.2) is 0 Å². The summed E-state index contributed by atoms with van der Waals surface area (Å²) in [6.07, 6.45) is 7.96. The standard InChI is InChI=1S/C33H33NO.2ClH.Zr/c1-33(28-16-8-3-9-17-28,29-18-10-4-11-19-29)31-23-26(25-14-6-2-7-15-25)22-27(32(31)35)24-34-30-20-12-5-13-21-30;;;/h2-4,6-11,14-19,22-24,30,35H,5,12-13,20-21H2,1H3;2*1H;/q;;;+2/p-2. The Kier molecular flexibility index (Phi) is 10.8. The molecule has 0 heterocycles. The molecule has 5 rings (SSSR count). The molecule has 0 radical (unpaired) electrons. The van der Waals surface area contributed by atoms with E-state index in [1.54, 1.807) is 0 Å². The molecule has 0 saturated heterocycles.